The maximum atomic E-state index is 12.9. The number of amides is 1. The zero-order chi connectivity index (χ0) is 21.5. The minimum Gasteiger partial charge on any atom is -0.461 e. The van der Waals surface area contributed by atoms with Gasteiger partial charge in [0.25, 0.3) is 5.91 Å². The molecule has 1 fully saturated rings. The first-order valence-electron chi connectivity index (χ1n) is 11.2. The molecule has 2 heterocycles. The maximum Gasteiger partial charge on any atom is 0.358 e. The molecule has 0 bridgehead atoms. The molecular weight excluding hydrogens is 378 g/mol. The predicted octanol–water partition coefficient (Wildman–Crippen LogP) is 4.97. The van der Waals surface area contributed by atoms with E-state index in [1.807, 2.05) is 35.2 Å². The smallest absolute Gasteiger partial charge is 0.358 e. The van der Waals surface area contributed by atoms with Gasteiger partial charge in [0.05, 0.1) is 12.3 Å². The predicted molar refractivity (Wildman–Crippen MR) is 117 cm³/mol. The zero-order valence-electron chi connectivity index (χ0n) is 18.4. The van der Waals surface area contributed by atoms with Gasteiger partial charge < -0.3 is 9.64 Å². The highest BCUT2D eigenvalue weighted by molar-refractivity contribution is 5.94. The normalized spacial score (nSPS) is 15.9. The average Bonchev–Trinajstić information content (AvgIpc) is 3.18. The average molecular weight is 412 g/mol. The van der Waals surface area contributed by atoms with E-state index in [4.69, 9.17) is 4.74 Å². The number of aromatic nitrogens is 2. The van der Waals surface area contributed by atoms with E-state index >= 15 is 0 Å². The number of hydrogen-bond acceptors (Lipinski definition) is 4. The lowest BCUT2D eigenvalue weighted by Crippen LogP contribution is -2.33. The Hall–Kier alpha value is -2.63. The number of hydrogen-bond donors (Lipinski definition) is 0. The Bertz CT molecular complexity index is 849. The second-order valence-corrected chi connectivity index (χ2v) is 8.00. The summed E-state index contributed by atoms with van der Waals surface area (Å²) in [5.74, 6) is -0.0778. The van der Waals surface area contributed by atoms with Crippen molar-refractivity contribution >= 4 is 11.9 Å². The second-order valence-electron chi connectivity index (χ2n) is 8.00. The van der Waals surface area contributed by atoms with Crippen LogP contribution in [0.5, 0.6) is 0 Å². The molecule has 0 saturated carbocycles. The number of ether oxygens (including phenoxy) is 1. The van der Waals surface area contributed by atoms with Gasteiger partial charge in [-0.25, -0.2) is 9.48 Å². The van der Waals surface area contributed by atoms with E-state index in [0.717, 1.165) is 43.7 Å². The SMILES string of the molecule is CCOC(=O)c1cc([C@@H](C)CC)n(-c2ccc(C(=O)N3CCCCCCC3)cc2)n1. The fourth-order valence-electron chi connectivity index (χ4n) is 3.85. The van der Waals surface area contributed by atoms with Crippen LogP contribution in [-0.2, 0) is 4.74 Å². The molecule has 3 rings (SSSR count). The van der Waals surface area contributed by atoms with Crippen LogP contribution >= 0.6 is 0 Å². The van der Waals surface area contributed by atoms with Gasteiger partial charge in [0.15, 0.2) is 5.69 Å². The number of nitrogens with zero attached hydrogens (tertiary/aromatic N) is 3. The molecule has 1 aliphatic heterocycles. The van der Waals surface area contributed by atoms with Crippen LogP contribution in [0.4, 0.5) is 0 Å². The molecular formula is C24H33N3O3. The second kappa shape index (κ2) is 10.4. The summed E-state index contributed by atoms with van der Waals surface area (Å²) in [5, 5.41) is 4.50. The van der Waals surface area contributed by atoms with Crippen LogP contribution in [0.1, 0.15) is 91.8 Å². The molecule has 162 valence electrons. The van der Waals surface area contributed by atoms with Gasteiger partial charge in [0.1, 0.15) is 0 Å². The lowest BCUT2D eigenvalue weighted by Gasteiger charge is -2.25. The van der Waals surface area contributed by atoms with Crippen LogP contribution in [-0.4, -0.2) is 46.3 Å². The van der Waals surface area contributed by atoms with Crippen molar-refractivity contribution in [1.29, 1.82) is 0 Å². The number of esters is 1. The molecule has 1 aliphatic rings. The van der Waals surface area contributed by atoms with Crippen molar-refractivity contribution in [3.05, 3.63) is 47.3 Å². The van der Waals surface area contributed by atoms with Crippen molar-refractivity contribution in [3.8, 4) is 5.69 Å². The topological polar surface area (TPSA) is 64.4 Å². The van der Waals surface area contributed by atoms with Gasteiger partial charge in [0, 0.05) is 24.3 Å². The van der Waals surface area contributed by atoms with Crippen LogP contribution in [0, 0.1) is 0 Å². The minimum atomic E-state index is -0.412. The summed E-state index contributed by atoms with van der Waals surface area (Å²) in [5.41, 5.74) is 2.81. The highest BCUT2D eigenvalue weighted by Gasteiger charge is 2.21. The molecule has 0 unspecified atom stereocenters. The summed E-state index contributed by atoms with van der Waals surface area (Å²) in [6.07, 6.45) is 6.75. The fraction of sp³-hybridized carbons (Fsp3) is 0.542. The van der Waals surface area contributed by atoms with Gasteiger partial charge in [-0.3, -0.25) is 4.79 Å². The molecule has 1 atom stereocenters. The van der Waals surface area contributed by atoms with Crippen LogP contribution in [0.3, 0.4) is 0 Å². The third-order valence-corrected chi connectivity index (χ3v) is 5.84. The monoisotopic (exact) mass is 411 g/mol. The number of carbonyl (C=O) groups is 2. The Morgan fingerprint density at radius 2 is 1.67 bits per heavy atom. The molecule has 1 amide bonds. The largest absolute Gasteiger partial charge is 0.461 e. The summed E-state index contributed by atoms with van der Waals surface area (Å²) in [6, 6.07) is 9.35. The van der Waals surface area contributed by atoms with E-state index in [1.165, 1.54) is 19.3 Å². The van der Waals surface area contributed by atoms with Gasteiger partial charge in [-0.05, 0) is 62.4 Å². The number of benzene rings is 1. The van der Waals surface area contributed by atoms with Gasteiger partial charge in [-0.1, -0.05) is 33.1 Å². The van der Waals surface area contributed by atoms with Crippen LogP contribution in [0.15, 0.2) is 30.3 Å². The van der Waals surface area contributed by atoms with Crippen LogP contribution < -0.4 is 0 Å². The summed E-state index contributed by atoms with van der Waals surface area (Å²) in [6.45, 7) is 7.99. The van der Waals surface area contributed by atoms with Gasteiger partial charge >= 0.3 is 5.97 Å². The fourth-order valence-corrected chi connectivity index (χ4v) is 3.85. The summed E-state index contributed by atoms with van der Waals surface area (Å²) < 4.78 is 6.91. The molecule has 0 spiro atoms. The van der Waals surface area contributed by atoms with Crippen molar-refractivity contribution in [2.45, 2.75) is 65.2 Å². The van der Waals surface area contributed by atoms with Crippen LogP contribution in [0.25, 0.3) is 5.69 Å². The Balaban J connectivity index is 1.84. The van der Waals surface area contributed by atoms with E-state index in [1.54, 1.807) is 11.6 Å². The Labute approximate surface area is 179 Å². The lowest BCUT2D eigenvalue weighted by molar-refractivity contribution is 0.0518. The van der Waals surface area contributed by atoms with Crippen molar-refractivity contribution in [3.63, 3.8) is 0 Å². The van der Waals surface area contributed by atoms with Crippen molar-refractivity contribution in [1.82, 2.24) is 14.7 Å². The molecule has 0 aliphatic carbocycles. The molecule has 0 N–H and O–H groups in total. The minimum absolute atomic E-state index is 0.0956. The van der Waals surface area contributed by atoms with E-state index in [-0.39, 0.29) is 11.8 Å². The summed E-state index contributed by atoms with van der Waals surface area (Å²) in [4.78, 5) is 27.1. The van der Waals surface area contributed by atoms with Crippen LogP contribution in [0.2, 0.25) is 0 Å². The number of carbonyl (C=O) groups excluding carboxylic acids is 2. The standard InChI is InChI=1S/C24H33N3O3/c1-4-18(3)22-17-21(24(29)30-5-2)25-27(22)20-13-11-19(12-14-20)23(28)26-15-9-7-6-8-10-16-26/h11-14,17-18H,4-10,15-16H2,1-3H3/t18-/m0/s1. The maximum absolute atomic E-state index is 12.9. The third-order valence-electron chi connectivity index (χ3n) is 5.84. The molecule has 0 radical (unpaired) electrons. The Kier molecular flexibility index (Phi) is 7.66. The van der Waals surface area contributed by atoms with Crippen molar-refractivity contribution < 1.29 is 14.3 Å². The highest BCUT2D eigenvalue weighted by Crippen LogP contribution is 2.24. The Morgan fingerprint density at radius 3 is 2.27 bits per heavy atom. The molecule has 6 heteroatoms. The molecule has 1 aromatic carbocycles. The van der Waals surface area contributed by atoms with Gasteiger partial charge in [-0.2, -0.15) is 5.10 Å². The zero-order valence-corrected chi connectivity index (χ0v) is 18.4. The number of rotatable bonds is 6. The van der Waals surface area contributed by atoms with Gasteiger partial charge in [0.2, 0.25) is 0 Å². The first kappa shape index (κ1) is 22.1. The van der Waals surface area contributed by atoms with Crippen molar-refractivity contribution in [2.75, 3.05) is 19.7 Å². The van der Waals surface area contributed by atoms with Crippen molar-refractivity contribution in [2.24, 2.45) is 0 Å². The van der Waals surface area contributed by atoms with E-state index in [0.29, 0.717) is 17.9 Å². The summed E-state index contributed by atoms with van der Waals surface area (Å²) in [7, 11) is 0. The first-order chi connectivity index (χ1) is 14.5. The lowest BCUT2D eigenvalue weighted by atomic mass is 10.0. The molecule has 6 nitrogen and oxygen atoms in total. The third kappa shape index (κ3) is 5.10. The Morgan fingerprint density at radius 1 is 1.03 bits per heavy atom. The van der Waals surface area contributed by atoms with Gasteiger partial charge in [-0.15, -0.1) is 0 Å². The first-order valence-corrected chi connectivity index (χ1v) is 11.2. The summed E-state index contributed by atoms with van der Waals surface area (Å²) >= 11 is 0. The van der Waals surface area contributed by atoms with E-state index < -0.39 is 5.97 Å². The quantitative estimate of drug-likeness (QED) is 0.630. The molecule has 1 saturated heterocycles. The van der Waals surface area contributed by atoms with E-state index in [9.17, 15) is 9.59 Å². The highest BCUT2D eigenvalue weighted by atomic mass is 16.5. The number of likely N-dealkylation sites (tertiary alicyclic amines) is 1. The van der Waals surface area contributed by atoms with E-state index in [2.05, 4.69) is 18.9 Å². The molecule has 1 aromatic heterocycles. The molecule has 30 heavy (non-hydrogen) atoms. The molecule has 2 aromatic rings.